The first-order valence-electron chi connectivity index (χ1n) is 4.44. The first-order chi connectivity index (χ1) is 6.63. The summed E-state index contributed by atoms with van der Waals surface area (Å²) in [7, 11) is 0. The van der Waals surface area contributed by atoms with Crippen molar-refractivity contribution in [2.45, 2.75) is 20.3 Å². The predicted octanol–water partition coefficient (Wildman–Crippen LogP) is -1.58. The number of aryl methyl sites for hydroxylation is 2. The summed E-state index contributed by atoms with van der Waals surface area (Å²) >= 11 is 0. The lowest BCUT2D eigenvalue weighted by Crippen LogP contribution is -3.00. The molecular weight excluding hydrogens is 218 g/mol. The van der Waals surface area contributed by atoms with Gasteiger partial charge in [-0.05, 0) is 25.5 Å². The number of ether oxygens (including phenoxy) is 1. The minimum Gasteiger partial charge on any atom is -1.00 e. The van der Waals surface area contributed by atoms with E-state index in [4.69, 9.17) is 9.84 Å². The topological polar surface area (TPSA) is 59.4 Å². The Hall–Kier alpha value is -1.29. The molecule has 1 heterocycles. The van der Waals surface area contributed by atoms with E-state index in [0.29, 0.717) is 5.75 Å². The summed E-state index contributed by atoms with van der Waals surface area (Å²) in [6, 6.07) is 3.56. The highest BCUT2D eigenvalue weighted by Crippen LogP contribution is 2.17. The number of nitrogens with zero attached hydrogens (tertiary/aromatic N) is 1. The highest BCUT2D eigenvalue weighted by Gasteiger charge is 2.05. The number of aromatic nitrogens is 1. The van der Waals surface area contributed by atoms with E-state index in [1.165, 1.54) is 0 Å². The number of carbonyl (C=O) groups is 1. The van der Waals surface area contributed by atoms with Gasteiger partial charge in [-0.25, -0.2) is 4.79 Å². The van der Waals surface area contributed by atoms with Crippen molar-refractivity contribution in [2.75, 3.05) is 6.61 Å². The molecule has 0 aliphatic heterocycles. The maximum atomic E-state index is 10.3. The molecule has 4 nitrogen and oxygen atoms in total. The molecule has 0 aliphatic carbocycles. The van der Waals surface area contributed by atoms with E-state index in [1.807, 2.05) is 13.8 Å². The Balaban J connectivity index is 0.00000196. The van der Waals surface area contributed by atoms with E-state index < -0.39 is 5.97 Å². The van der Waals surface area contributed by atoms with E-state index >= 15 is 0 Å². The predicted molar refractivity (Wildman–Crippen MR) is 51.5 cm³/mol. The molecule has 0 saturated carbocycles. The van der Waals surface area contributed by atoms with Gasteiger partial charge >= 0.3 is 5.97 Å². The fourth-order valence-electron chi connectivity index (χ4n) is 1.12. The van der Waals surface area contributed by atoms with Crippen LogP contribution >= 0.6 is 0 Å². The summed E-state index contributed by atoms with van der Waals surface area (Å²) in [5.74, 6) is -0.423. The molecule has 0 atom stereocenters. The summed E-state index contributed by atoms with van der Waals surface area (Å²) < 4.78 is 5.08. The number of pyridine rings is 1. The van der Waals surface area contributed by atoms with Crippen LogP contribution in [0.4, 0.5) is 0 Å². The van der Waals surface area contributed by atoms with Crippen LogP contribution in [-0.4, -0.2) is 22.7 Å². The number of aliphatic carboxylic acids is 1. The third kappa shape index (κ3) is 4.16. The van der Waals surface area contributed by atoms with Crippen LogP contribution in [0.2, 0.25) is 0 Å². The first-order valence-corrected chi connectivity index (χ1v) is 4.44. The van der Waals surface area contributed by atoms with E-state index in [-0.39, 0.29) is 19.0 Å². The van der Waals surface area contributed by atoms with Crippen molar-refractivity contribution < 1.29 is 27.0 Å². The molecule has 0 bridgehead atoms. The molecule has 0 radical (unpaired) electrons. The van der Waals surface area contributed by atoms with Crippen LogP contribution in [-0.2, 0) is 11.2 Å². The van der Waals surface area contributed by atoms with Gasteiger partial charge in [-0.1, -0.05) is 6.92 Å². The third-order valence-electron chi connectivity index (χ3n) is 1.76. The third-order valence-corrected chi connectivity index (χ3v) is 1.76. The minimum absolute atomic E-state index is 0. The van der Waals surface area contributed by atoms with Crippen LogP contribution in [0.3, 0.4) is 0 Å². The molecule has 0 spiro atoms. The van der Waals surface area contributed by atoms with Crippen molar-refractivity contribution in [3.05, 3.63) is 23.5 Å². The van der Waals surface area contributed by atoms with Crippen LogP contribution < -0.4 is 17.1 Å². The summed E-state index contributed by atoms with van der Waals surface area (Å²) in [5, 5.41) is 8.45. The zero-order chi connectivity index (χ0) is 10.6. The van der Waals surface area contributed by atoms with Gasteiger partial charge in [0.05, 0.1) is 5.69 Å². The second kappa shape index (κ2) is 6.24. The van der Waals surface area contributed by atoms with E-state index in [9.17, 15) is 4.79 Å². The van der Waals surface area contributed by atoms with Gasteiger partial charge in [0.2, 0.25) is 0 Å². The van der Waals surface area contributed by atoms with Crippen molar-refractivity contribution in [3.63, 3.8) is 0 Å². The van der Waals surface area contributed by atoms with Crippen LogP contribution in [0.25, 0.3) is 0 Å². The lowest BCUT2D eigenvalue weighted by molar-refractivity contribution is -0.139. The lowest BCUT2D eigenvalue weighted by Gasteiger charge is -2.07. The average Bonchev–Trinajstić information content (AvgIpc) is 2.15. The highest BCUT2D eigenvalue weighted by atomic mass is 35.5. The van der Waals surface area contributed by atoms with Crippen molar-refractivity contribution in [2.24, 2.45) is 0 Å². The van der Waals surface area contributed by atoms with Crippen molar-refractivity contribution in [1.29, 1.82) is 0 Å². The molecule has 0 unspecified atom stereocenters. The summed E-state index contributed by atoms with van der Waals surface area (Å²) in [5.41, 5.74) is 1.70. The molecular formula is C10H13ClNO3-. The molecule has 1 rings (SSSR count). The molecule has 15 heavy (non-hydrogen) atoms. The van der Waals surface area contributed by atoms with E-state index in [1.54, 1.807) is 12.1 Å². The number of rotatable bonds is 4. The number of hydrogen-bond donors (Lipinski definition) is 1. The number of hydrogen-bond acceptors (Lipinski definition) is 3. The molecule has 1 N–H and O–H groups in total. The summed E-state index contributed by atoms with van der Waals surface area (Å²) in [6.07, 6.45) is 0.733. The van der Waals surface area contributed by atoms with Gasteiger partial charge in [0.15, 0.2) is 6.61 Å². The molecule has 0 saturated heterocycles. The van der Waals surface area contributed by atoms with E-state index in [0.717, 1.165) is 17.8 Å². The quantitative estimate of drug-likeness (QED) is 0.678. The molecule has 0 aromatic carbocycles. The van der Waals surface area contributed by atoms with Gasteiger partial charge in [0, 0.05) is 5.69 Å². The van der Waals surface area contributed by atoms with Gasteiger partial charge in [0.25, 0.3) is 0 Å². The largest absolute Gasteiger partial charge is 1.00 e. The zero-order valence-electron chi connectivity index (χ0n) is 8.66. The maximum absolute atomic E-state index is 10.3. The summed E-state index contributed by atoms with van der Waals surface area (Å²) in [6.45, 7) is 3.52. The van der Waals surface area contributed by atoms with Crippen molar-refractivity contribution >= 4 is 5.97 Å². The number of carboxylic acids is 1. The van der Waals surface area contributed by atoms with Crippen LogP contribution in [0, 0.1) is 6.92 Å². The molecule has 0 amide bonds. The standard InChI is InChI=1S/C10H13NO3.ClH/c1-3-8-9(14-6-10(12)13)5-4-7(2)11-8;/h4-5H,3,6H2,1-2H3,(H,12,13);1H/p-1. The zero-order valence-corrected chi connectivity index (χ0v) is 9.41. The normalized spacial score (nSPS) is 9.20. The maximum Gasteiger partial charge on any atom is 0.341 e. The molecule has 1 aromatic heterocycles. The molecule has 5 heteroatoms. The molecule has 1 aromatic rings. The second-order valence-corrected chi connectivity index (χ2v) is 2.93. The fourth-order valence-corrected chi connectivity index (χ4v) is 1.12. The Bertz CT molecular complexity index is 341. The molecule has 0 fully saturated rings. The Morgan fingerprint density at radius 3 is 2.73 bits per heavy atom. The van der Waals surface area contributed by atoms with Crippen LogP contribution in [0.1, 0.15) is 18.3 Å². The molecule has 84 valence electrons. The number of halogens is 1. The van der Waals surface area contributed by atoms with E-state index in [2.05, 4.69) is 4.98 Å². The van der Waals surface area contributed by atoms with Gasteiger partial charge in [-0.2, -0.15) is 0 Å². The Kier molecular flexibility index (Phi) is 5.70. The lowest BCUT2D eigenvalue weighted by atomic mass is 10.2. The Morgan fingerprint density at radius 2 is 2.20 bits per heavy atom. The van der Waals surface area contributed by atoms with Crippen LogP contribution in [0.5, 0.6) is 5.75 Å². The first kappa shape index (κ1) is 13.7. The minimum atomic E-state index is -0.979. The number of carboxylic acid groups (broad SMARTS) is 1. The van der Waals surface area contributed by atoms with Gasteiger partial charge < -0.3 is 22.3 Å². The fraction of sp³-hybridized carbons (Fsp3) is 0.400. The van der Waals surface area contributed by atoms with Gasteiger partial charge in [-0.3, -0.25) is 4.98 Å². The summed E-state index contributed by atoms with van der Waals surface area (Å²) in [4.78, 5) is 14.5. The van der Waals surface area contributed by atoms with Crippen LogP contribution in [0.15, 0.2) is 12.1 Å². The second-order valence-electron chi connectivity index (χ2n) is 2.93. The average molecular weight is 231 g/mol. The smallest absolute Gasteiger partial charge is 0.341 e. The Morgan fingerprint density at radius 1 is 1.53 bits per heavy atom. The van der Waals surface area contributed by atoms with Gasteiger partial charge in [-0.15, -0.1) is 0 Å². The SMILES string of the molecule is CCc1nc(C)ccc1OCC(=O)O.[Cl-]. The molecule has 0 aliphatic rings. The van der Waals surface area contributed by atoms with Crippen molar-refractivity contribution in [3.8, 4) is 5.75 Å². The van der Waals surface area contributed by atoms with Gasteiger partial charge in [0.1, 0.15) is 5.75 Å². The Labute approximate surface area is 94.7 Å². The van der Waals surface area contributed by atoms with Crippen molar-refractivity contribution in [1.82, 2.24) is 4.98 Å². The highest BCUT2D eigenvalue weighted by molar-refractivity contribution is 5.68. The monoisotopic (exact) mass is 230 g/mol.